The summed E-state index contributed by atoms with van der Waals surface area (Å²) in [5.41, 5.74) is 4.89. The second kappa shape index (κ2) is 12.7. The molecule has 0 amide bonds. The fourth-order valence-electron chi connectivity index (χ4n) is 7.95. The third kappa shape index (κ3) is 7.31. The number of fused-ring (bicyclic) bond motifs is 2. The van der Waals surface area contributed by atoms with Crippen LogP contribution >= 0.6 is 0 Å². The minimum Gasteiger partial charge on any atom is -0.393 e. The Morgan fingerprint density at radius 1 is 0.705 bits per heavy atom. The van der Waals surface area contributed by atoms with Gasteiger partial charge in [-0.2, -0.15) is 0 Å². The number of ether oxygens (including phenoxy) is 2. The van der Waals surface area contributed by atoms with Gasteiger partial charge in [-0.25, -0.2) is 0 Å². The van der Waals surface area contributed by atoms with E-state index >= 15 is 0 Å². The van der Waals surface area contributed by atoms with Gasteiger partial charge in [0.15, 0.2) is 0 Å². The maximum atomic E-state index is 10.4. The van der Waals surface area contributed by atoms with Crippen LogP contribution in [0, 0.1) is 10.8 Å². The van der Waals surface area contributed by atoms with Crippen molar-refractivity contribution in [3.63, 3.8) is 0 Å². The third-order valence-electron chi connectivity index (χ3n) is 10.2. The predicted molar refractivity (Wildman–Crippen MR) is 183 cm³/mol. The van der Waals surface area contributed by atoms with Gasteiger partial charge in [0.1, 0.15) is 11.2 Å². The molecule has 2 saturated carbocycles. The maximum absolute atomic E-state index is 10.4. The Bertz CT molecular complexity index is 1380. The highest BCUT2D eigenvalue weighted by molar-refractivity contribution is 5.38. The number of aliphatic hydroxyl groups is 2. The molecular formula is C40H56O4. The van der Waals surface area contributed by atoms with Crippen molar-refractivity contribution in [2.75, 3.05) is 0 Å². The topological polar surface area (TPSA) is 62.2 Å². The van der Waals surface area contributed by atoms with Crippen LogP contribution in [0.4, 0.5) is 0 Å². The molecular weight excluding hydrogens is 544 g/mol. The maximum Gasteiger partial charge on any atom is 0.121 e. The van der Waals surface area contributed by atoms with Crippen LogP contribution in [0.3, 0.4) is 0 Å². The Labute approximate surface area is 267 Å². The first-order valence-electron chi connectivity index (χ1n) is 16.3. The molecule has 240 valence electrons. The number of allylic oxidation sites excluding steroid dienone is 14. The monoisotopic (exact) mass is 600 g/mol. The van der Waals surface area contributed by atoms with Gasteiger partial charge in [-0.3, -0.25) is 0 Å². The van der Waals surface area contributed by atoms with Crippen LogP contribution in [0.15, 0.2) is 107 Å². The van der Waals surface area contributed by atoms with Gasteiger partial charge in [0.05, 0.1) is 23.9 Å². The summed E-state index contributed by atoms with van der Waals surface area (Å²) in [5, 5.41) is 20.6. The lowest BCUT2D eigenvalue weighted by molar-refractivity contribution is -0.0683. The highest BCUT2D eigenvalue weighted by Crippen LogP contribution is 2.66. The first-order valence-corrected chi connectivity index (χ1v) is 16.3. The lowest BCUT2D eigenvalue weighted by Gasteiger charge is -2.44. The van der Waals surface area contributed by atoms with E-state index in [1.165, 1.54) is 27.9 Å². The zero-order valence-corrected chi connectivity index (χ0v) is 28.8. The summed E-state index contributed by atoms with van der Waals surface area (Å²) < 4.78 is 12.7. The standard InChI is InChI=1S/C40H56O4/c1-28(17-13-18-30(3)21-22-40-37(7,8)25-33(42)27-39(40,10)44-40)15-11-12-16-29(2)19-14-20-31(4)34-23-35-36(5,6)24-32(41)26-38(35,9)43-34/h11-23,32-34,41-42H,24-27H2,1-10H3/b12-11+,17-13+,19-14+,22-21+,28-15+,29-16+,30-18+,31-20+/t32-,33-,34?,38+,39+,40-/m0/s1. The minimum atomic E-state index is -0.385. The normalized spacial score (nSPS) is 37.7. The van der Waals surface area contributed by atoms with Crippen molar-refractivity contribution >= 4 is 0 Å². The summed E-state index contributed by atoms with van der Waals surface area (Å²) in [4.78, 5) is 0. The van der Waals surface area contributed by atoms with E-state index < -0.39 is 0 Å². The Kier molecular flexibility index (Phi) is 9.93. The second-order valence-corrected chi connectivity index (χ2v) is 15.4. The molecule has 2 aliphatic heterocycles. The van der Waals surface area contributed by atoms with Gasteiger partial charge in [0.25, 0.3) is 0 Å². The third-order valence-corrected chi connectivity index (χ3v) is 10.2. The Balaban J connectivity index is 1.27. The van der Waals surface area contributed by atoms with Gasteiger partial charge < -0.3 is 19.7 Å². The highest BCUT2D eigenvalue weighted by atomic mass is 16.6. The van der Waals surface area contributed by atoms with Crippen molar-refractivity contribution in [1.29, 1.82) is 0 Å². The van der Waals surface area contributed by atoms with Gasteiger partial charge >= 0.3 is 0 Å². The molecule has 1 saturated heterocycles. The van der Waals surface area contributed by atoms with E-state index in [2.05, 4.69) is 148 Å². The number of hydrogen-bond acceptors (Lipinski definition) is 4. The lowest BCUT2D eigenvalue weighted by Crippen LogP contribution is -2.46. The van der Waals surface area contributed by atoms with Crippen molar-refractivity contribution in [2.45, 2.75) is 130 Å². The van der Waals surface area contributed by atoms with Gasteiger partial charge in [-0.05, 0) is 83.1 Å². The smallest absolute Gasteiger partial charge is 0.121 e. The van der Waals surface area contributed by atoms with Crippen molar-refractivity contribution < 1.29 is 19.7 Å². The average Bonchev–Trinajstić information content (AvgIpc) is 3.34. The molecule has 6 atom stereocenters. The molecule has 4 nitrogen and oxygen atoms in total. The first-order chi connectivity index (χ1) is 20.4. The molecule has 1 unspecified atom stereocenters. The summed E-state index contributed by atoms with van der Waals surface area (Å²) >= 11 is 0. The molecule has 2 aliphatic carbocycles. The molecule has 44 heavy (non-hydrogen) atoms. The molecule has 0 aromatic heterocycles. The second-order valence-electron chi connectivity index (χ2n) is 15.4. The first kappa shape index (κ1) is 34.4. The molecule has 0 aromatic rings. The number of hydrogen-bond donors (Lipinski definition) is 2. The predicted octanol–water partition coefficient (Wildman–Crippen LogP) is 8.97. The fourth-order valence-corrected chi connectivity index (χ4v) is 7.95. The lowest BCUT2D eigenvalue weighted by atomic mass is 9.63. The van der Waals surface area contributed by atoms with Gasteiger partial charge in [-0.15, -0.1) is 0 Å². The SMILES string of the molecule is CC(/C=C/C=C(C)/C=C/[C@@]12O[C@]1(C)C[C@@H](O)CC2(C)C)=C\C=C\C=C(C)\C=C\C=C(/C)C1C=C2C(C)(C)C[C@H](O)C[C@@]2(C)O1. The summed E-state index contributed by atoms with van der Waals surface area (Å²) in [6.07, 6.45) is 29.9. The van der Waals surface area contributed by atoms with E-state index in [9.17, 15) is 10.2 Å². The molecule has 3 fully saturated rings. The Morgan fingerprint density at radius 2 is 1.25 bits per heavy atom. The molecule has 4 rings (SSSR count). The van der Waals surface area contributed by atoms with E-state index in [0.717, 1.165) is 12.8 Å². The summed E-state index contributed by atoms with van der Waals surface area (Å²) in [6.45, 7) is 21.5. The van der Waals surface area contributed by atoms with Gasteiger partial charge in [0, 0.05) is 18.3 Å². The van der Waals surface area contributed by atoms with E-state index in [1.54, 1.807) is 0 Å². The minimum absolute atomic E-state index is 0.0500. The fraction of sp³-hybridized carbons (Fsp3) is 0.550. The molecule has 0 radical (unpaired) electrons. The number of rotatable bonds is 9. The van der Waals surface area contributed by atoms with E-state index in [0.29, 0.717) is 12.8 Å². The molecule has 0 aromatic carbocycles. The van der Waals surface area contributed by atoms with Crippen molar-refractivity contribution in [3.8, 4) is 0 Å². The van der Waals surface area contributed by atoms with Crippen LogP contribution in [0.1, 0.15) is 94.9 Å². The van der Waals surface area contributed by atoms with Gasteiger partial charge in [-0.1, -0.05) is 111 Å². The van der Waals surface area contributed by atoms with Crippen LogP contribution in [-0.2, 0) is 9.47 Å². The van der Waals surface area contributed by atoms with Crippen LogP contribution in [-0.4, -0.2) is 45.3 Å². The largest absolute Gasteiger partial charge is 0.393 e. The summed E-state index contributed by atoms with van der Waals surface area (Å²) in [6, 6.07) is 0. The van der Waals surface area contributed by atoms with Crippen LogP contribution in [0.25, 0.3) is 0 Å². The number of aliphatic hydroxyl groups excluding tert-OH is 2. The molecule has 2 N–H and O–H groups in total. The van der Waals surface area contributed by atoms with Gasteiger partial charge in [0.2, 0.25) is 0 Å². The zero-order valence-electron chi connectivity index (χ0n) is 28.8. The average molecular weight is 601 g/mol. The van der Waals surface area contributed by atoms with Crippen molar-refractivity contribution in [1.82, 2.24) is 0 Å². The van der Waals surface area contributed by atoms with Crippen LogP contribution in [0.5, 0.6) is 0 Å². The quantitative estimate of drug-likeness (QED) is 0.158. The molecule has 0 spiro atoms. The van der Waals surface area contributed by atoms with E-state index in [1.807, 2.05) is 0 Å². The number of epoxide rings is 1. The van der Waals surface area contributed by atoms with E-state index in [-0.39, 0.29) is 45.9 Å². The Hall–Kier alpha value is -2.50. The van der Waals surface area contributed by atoms with E-state index in [4.69, 9.17) is 9.47 Å². The Morgan fingerprint density at radius 3 is 1.86 bits per heavy atom. The van der Waals surface area contributed by atoms with Crippen molar-refractivity contribution in [2.24, 2.45) is 10.8 Å². The zero-order chi connectivity index (χ0) is 32.6. The summed E-state index contributed by atoms with van der Waals surface area (Å²) in [7, 11) is 0. The highest BCUT2D eigenvalue weighted by Gasteiger charge is 2.74. The van der Waals surface area contributed by atoms with Crippen molar-refractivity contribution in [3.05, 3.63) is 107 Å². The van der Waals surface area contributed by atoms with Crippen LogP contribution < -0.4 is 0 Å². The van der Waals surface area contributed by atoms with Crippen LogP contribution in [0.2, 0.25) is 0 Å². The molecule has 4 heteroatoms. The molecule has 4 aliphatic rings. The molecule has 2 heterocycles. The molecule has 0 bridgehead atoms. The summed E-state index contributed by atoms with van der Waals surface area (Å²) in [5.74, 6) is 0.